The monoisotopic (exact) mass is 460 g/mol. The molecule has 4 rings (SSSR count). The highest BCUT2D eigenvalue weighted by Crippen LogP contribution is 2.31. The molecule has 1 aromatic carbocycles. The van der Waals surface area contributed by atoms with E-state index < -0.39 is 11.7 Å². The van der Waals surface area contributed by atoms with Crippen LogP contribution < -0.4 is 15.0 Å². The lowest BCUT2D eigenvalue weighted by Gasteiger charge is -2.31. The van der Waals surface area contributed by atoms with Crippen molar-refractivity contribution in [2.24, 2.45) is 5.92 Å². The number of rotatable bonds is 7. The van der Waals surface area contributed by atoms with Gasteiger partial charge in [0.05, 0.1) is 18.4 Å². The molecule has 0 bridgehead atoms. The SMILES string of the molecule is O=C(NCCOc1cccc(C(F)(F)F)c1)C1CCN(c2ccc(-c3ccco3)nn2)CC1. The summed E-state index contributed by atoms with van der Waals surface area (Å²) in [7, 11) is 0. The zero-order chi connectivity index (χ0) is 23.3. The molecule has 0 unspecified atom stereocenters. The quantitative estimate of drug-likeness (QED) is 0.533. The third-order valence-electron chi connectivity index (χ3n) is 5.45. The number of amides is 1. The number of carbonyl (C=O) groups is 1. The number of carbonyl (C=O) groups excluding carboxylic acids is 1. The summed E-state index contributed by atoms with van der Waals surface area (Å²) >= 11 is 0. The van der Waals surface area contributed by atoms with Gasteiger partial charge in [0, 0.05) is 19.0 Å². The fourth-order valence-electron chi connectivity index (χ4n) is 3.67. The number of nitrogens with zero attached hydrogens (tertiary/aromatic N) is 3. The van der Waals surface area contributed by atoms with Crippen LogP contribution in [-0.2, 0) is 11.0 Å². The first-order chi connectivity index (χ1) is 15.9. The number of benzene rings is 1. The number of aromatic nitrogens is 2. The minimum atomic E-state index is -4.42. The number of nitrogens with one attached hydrogen (secondary N) is 1. The largest absolute Gasteiger partial charge is 0.492 e. The van der Waals surface area contributed by atoms with Gasteiger partial charge in [0.15, 0.2) is 11.6 Å². The number of ether oxygens (including phenoxy) is 1. The molecule has 1 amide bonds. The summed E-state index contributed by atoms with van der Waals surface area (Å²) in [5, 5.41) is 11.3. The molecule has 1 aliphatic rings. The molecule has 1 saturated heterocycles. The average Bonchev–Trinajstić information content (AvgIpc) is 3.37. The predicted octanol–water partition coefficient (Wildman–Crippen LogP) is 4.17. The fourth-order valence-corrected chi connectivity index (χ4v) is 3.67. The van der Waals surface area contributed by atoms with Crippen molar-refractivity contribution in [2.45, 2.75) is 19.0 Å². The molecule has 0 atom stereocenters. The Morgan fingerprint density at radius 3 is 2.61 bits per heavy atom. The van der Waals surface area contributed by atoms with E-state index in [1.807, 2.05) is 18.2 Å². The Hall–Kier alpha value is -3.56. The van der Waals surface area contributed by atoms with Crippen molar-refractivity contribution in [3.63, 3.8) is 0 Å². The van der Waals surface area contributed by atoms with Crippen LogP contribution >= 0.6 is 0 Å². The molecule has 3 aromatic rings. The van der Waals surface area contributed by atoms with Crippen LogP contribution in [0, 0.1) is 5.92 Å². The Labute approximate surface area is 188 Å². The molecule has 174 valence electrons. The predicted molar refractivity (Wildman–Crippen MR) is 115 cm³/mol. The van der Waals surface area contributed by atoms with Crippen LogP contribution in [0.3, 0.4) is 0 Å². The van der Waals surface area contributed by atoms with Gasteiger partial charge in [-0.3, -0.25) is 4.79 Å². The van der Waals surface area contributed by atoms with Crippen LogP contribution in [0.5, 0.6) is 5.75 Å². The molecule has 1 N–H and O–H groups in total. The Morgan fingerprint density at radius 1 is 1.12 bits per heavy atom. The number of hydrogen-bond acceptors (Lipinski definition) is 6. The normalized spacial score (nSPS) is 14.8. The lowest BCUT2D eigenvalue weighted by molar-refractivity contribution is -0.137. The van der Waals surface area contributed by atoms with Crippen LogP contribution in [-0.4, -0.2) is 42.3 Å². The first-order valence-corrected chi connectivity index (χ1v) is 10.6. The molecular formula is C23H23F3N4O3. The number of hydrogen-bond donors (Lipinski definition) is 1. The summed E-state index contributed by atoms with van der Waals surface area (Å²) in [6, 6.07) is 12.0. The molecule has 0 saturated carbocycles. The van der Waals surface area contributed by atoms with Crippen molar-refractivity contribution in [1.82, 2.24) is 15.5 Å². The van der Waals surface area contributed by atoms with Crippen molar-refractivity contribution < 1.29 is 27.1 Å². The topological polar surface area (TPSA) is 80.5 Å². The number of anilines is 1. The number of halogens is 3. The lowest BCUT2D eigenvalue weighted by Crippen LogP contribution is -2.41. The second kappa shape index (κ2) is 9.93. The number of furan rings is 1. The van der Waals surface area contributed by atoms with E-state index >= 15 is 0 Å². The van der Waals surface area contributed by atoms with E-state index in [-0.39, 0.29) is 30.7 Å². The molecule has 10 heteroatoms. The van der Waals surface area contributed by atoms with E-state index in [1.54, 1.807) is 12.3 Å². The summed E-state index contributed by atoms with van der Waals surface area (Å²) in [6.07, 6.45) is -1.50. The van der Waals surface area contributed by atoms with Crippen molar-refractivity contribution in [2.75, 3.05) is 31.1 Å². The highest BCUT2D eigenvalue weighted by molar-refractivity contribution is 5.79. The summed E-state index contributed by atoms with van der Waals surface area (Å²) in [6.45, 7) is 1.65. The maximum Gasteiger partial charge on any atom is 0.416 e. The highest BCUT2D eigenvalue weighted by atomic mass is 19.4. The van der Waals surface area contributed by atoms with E-state index in [1.165, 1.54) is 12.1 Å². The Balaban J connectivity index is 1.19. The Bertz CT molecular complexity index is 1050. The Morgan fingerprint density at radius 2 is 1.94 bits per heavy atom. The van der Waals surface area contributed by atoms with Crippen LogP contribution in [0.1, 0.15) is 18.4 Å². The van der Waals surface area contributed by atoms with Gasteiger partial charge in [-0.15, -0.1) is 10.2 Å². The Kier molecular flexibility index (Phi) is 6.81. The van der Waals surface area contributed by atoms with Crippen LogP contribution in [0.25, 0.3) is 11.5 Å². The zero-order valence-corrected chi connectivity index (χ0v) is 17.7. The maximum atomic E-state index is 12.8. The second-order valence-electron chi connectivity index (χ2n) is 7.68. The van der Waals surface area contributed by atoms with Gasteiger partial charge < -0.3 is 19.4 Å². The first kappa shape index (κ1) is 22.6. The molecule has 2 aromatic heterocycles. The van der Waals surface area contributed by atoms with E-state index in [0.29, 0.717) is 37.4 Å². The minimum absolute atomic E-state index is 0.0819. The van der Waals surface area contributed by atoms with Gasteiger partial charge in [0.1, 0.15) is 18.1 Å². The first-order valence-electron chi connectivity index (χ1n) is 10.6. The third kappa shape index (κ3) is 5.82. The van der Waals surface area contributed by atoms with Gasteiger partial charge in [0.25, 0.3) is 0 Å². The summed E-state index contributed by atoms with van der Waals surface area (Å²) in [4.78, 5) is 14.5. The summed E-state index contributed by atoms with van der Waals surface area (Å²) in [5.41, 5.74) is -0.110. The average molecular weight is 460 g/mol. The van der Waals surface area contributed by atoms with Crippen molar-refractivity contribution in [1.29, 1.82) is 0 Å². The molecule has 1 fully saturated rings. The molecule has 7 nitrogen and oxygen atoms in total. The maximum absolute atomic E-state index is 12.8. The van der Waals surface area contributed by atoms with Gasteiger partial charge in [-0.2, -0.15) is 13.2 Å². The van der Waals surface area contributed by atoms with E-state index in [0.717, 1.165) is 18.0 Å². The third-order valence-corrected chi connectivity index (χ3v) is 5.45. The highest BCUT2D eigenvalue weighted by Gasteiger charge is 2.30. The van der Waals surface area contributed by atoms with Crippen LogP contribution in [0.15, 0.2) is 59.2 Å². The van der Waals surface area contributed by atoms with Gasteiger partial charge in [-0.1, -0.05) is 6.07 Å². The van der Waals surface area contributed by atoms with E-state index in [4.69, 9.17) is 9.15 Å². The van der Waals surface area contributed by atoms with Crippen molar-refractivity contribution in [3.05, 3.63) is 60.4 Å². The van der Waals surface area contributed by atoms with Gasteiger partial charge in [-0.05, 0) is 55.3 Å². The molecule has 0 spiro atoms. The van der Waals surface area contributed by atoms with Gasteiger partial charge in [-0.25, -0.2) is 0 Å². The van der Waals surface area contributed by atoms with Crippen molar-refractivity contribution >= 4 is 11.7 Å². The molecule has 0 radical (unpaired) electrons. The standard InChI is InChI=1S/C23H23F3N4O3/c24-23(25,26)17-3-1-4-18(15-17)32-14-10-27-22(31)16-8-11-30(12-9-16)21-7-6-19(28-29-21)20-5-2-13-33-20/h1-7,13,15-16H,8-12,14H2,(H,27,31). The van der Waals surface area contributed by atoms with E-state index in [9.17, 15) is 18.0 Å². The summed E-state index contributed by atoms with van der Waals surface area (Å²) in [5.74, 6) is 1.30. The minimum Gasteiger partial charge on any atom is -0.492 e. The lowest BCUT2D eigenvalue weighted by atomic mass is 9.96. The molecule has 1 aliphatic heterocycles. The van der Waals surface area contributed by atoms with Crippen LogP contribution in [0.4, 0.5) is 19.0 Å². The fraction of sp³-hybridized carbons (Fsp3) is 0.348. The van der Waals surface area contributed by atoms with Crippen LogP contribution in [0.2, 0.25) is 0 Å². The zero-order valence-electron chi connectivity index (χ0n) is 17.7. The number of piperidine rings is 1. The summed E-state index contributed by atoms with van der Waals surface area (Å²) < 4.78 is 48.9. The van der Waals surface area contributed by atoms with Gasteiger partial charge >= 0.3 is 6.18 Å². The van der Waals surface area contributed by atoms with E-state index in [2.05, 4.69) is 20.4 Å². The number of alkyl halides is 3. The second-order valence-corrected chi connectivity index (χ2v) is 7.68. The molecule has 0 aliphatic carbocycles. The van der Waals surface area contributed by atoms with Gasteiger partial charge in [0.2, 0.25) is 5.91 Å². The van der Waals surface area contributed by atoms with Crippen molar-refractivity contribution in [3.8, 4) is 17.2 Å². The molecule has 33 heavy (non-hydrogen) atoms. The molecular weight excluding hydrogens is 437 g/mol. The molecule has 3 heterocycles. The smallest absolute Gasteiger partial charge is 0.416 e.